The topological polar surface area (TPSA) is 26.0 Å². The minimum atomic E-state index is 1.01. The molecule has 0 aliphatic carbocycles. The van der Waals surface area contributed by atoms with Crippen molar-refractivity contribution in [1.29, 1.82) is 0 Å². The second-order valence-electron chi connectivity index (χ2n) is 11.3. The van der Waals surface area contributed by atoms with Crippen LogP contribution in [-0.2, 0) is 0 Å². The molecule has 6 aromatic carbocycles. The number of hydrogen-bond donors (Lipinski definition) is 0. The van der Waals surface area contributed by atoms with Gasteiger partial charge in [-0.3, -0.25) is 4.98 Å². The number of nitrogens with zero attached hydrogens (tertiary/aromatic N) is 4. The first-order chi connectivity index (χ1) is 22.3. The summed E-state index contributed by atoms with van der Waals surface area (Å²) in [6.07, 6.45) is 3.74. The van der Waals surface area contributed by atoms with Gasteiger partial charge in [0.05, 0.1) is 34.0 Å². The molecule has 0 bridgehead atoms. The molecular formula is C41H28N4. The summed E-state index contributed by atoms with van der Waals surface area (Å²) in [7, 11) is 0. The maximum Gasteiger partial charge on any atom is 0.0644 e. The SMILES string of the molecule is c1cncc(N(c2ccc(-n3c4ccccc4c4ccccc43)cc2)c2ccc(-n3c4ccccc4c4ccccc43)cc2)c1. The standard InChI is InChI=1S/C41H28N4/c1-5-15-38-34(11-1)35-12-2-6-16-39(35)44(38)31-23-19-29(20-24-31)43(33-10-9-27-42-28-33)30-21-25-32(26-22-30)45-40-17-7-3-13-36(40)37-14-4-8-18-41(37)45/h1-28H. The van der Waals surface area contributed by atoms with Gasteiger partial charge in [0.15, 0.2) is 0 Å². The predicted molar refractivity (Wildman–Crippen MR) is 188 cm³/mol. The van der Waals surface area contributed by atoms with Crippen LogP contribution in [0.5, 0.6) is 0 Å². The maximum absolute atomic E-state index is 4.46. The van der Waals surface area contributed by atoms with Crippen LogP contribution in [0.15, 0.2) is 170 Å². The third kappa shape index (κ3) is 4.04. The van der Waals surface area contributed by atoms with E-state index in [2.05, 4.69) is 171 Å². The molecule has 0 unspecified atom stereocenters. The highest BCUT2D eigenvalue weighted by molar-refractivity contribution is 6.10. The molecule has 0 spiro atoms. The lowest BCUT2D eigenvalue weighted by atomic mass is 10.2. The Morgan fingerprint density at radius 2 is 0.733 bits per heavy atom. The van der Waals surface area contributed by atoms with Crippen molar-refractivity contribution in [1.82, 2.24) is 14.1 Å². The van der Waals surface area contributed by atoms with Gasteiger partial charge in [-0.2, -0.15) is 0 Å². The Morgan fingerprint density at radius 3 is 1.09 bits per heavy atom. The summed E-state index contributed by atoms with van der Waals surface area (Å²) in [5.41, 5.74) is 10.2. The molecule has 0 aliphatic rings. The molecule has 4 nitrogen and oxygen atoms in total. The van der Waals surface area contributed by atoms with Crippen LogP contribution < -0.4 is 4.90 Å². The largest absolute Gasteiger partial charge is 0.309 e. The van der Waals surface area contributed by atoms with Crippen LogP contribution in [0.1, 0.15) is 0 Å². The van der Waals surface area contributed by atoms with Gasteiger partial charge < -0.3 is 14.0 Å². The molecule has 4 heteroatoms. The van der Waals surface area contributed by atoms with E-state index in [4.69, 9.17) is 0 Å². The second-order valence-corrected chi connectivity index (χ2v) is 11.3. The molecule has 3 heterocycles. The highest BCUT2D eigenvalue weighted by atomic mass is 15.1. The Hall–Kier alpha value is -6.13. The van der Waals surface area contributed by atoms with Crippen LogP contribution in [0.4, 0.5) is 17.1 Å². The van der Waals surface area contributed by atoms with E-state index in [9.17, 15) is 0 Å². The number of para-hydroxylation sites is 4. The number of benzene rings is 6. The molecule has 0 atom stereocenters. The highest BCUT2D eigenvalue weighted by Gasteiger charge is 2.16. The van der Waals surface area contributed by atoms with E-state index in [-0.39, 0.29) is 0 Å². The summed E-state index contributed by atoms with van der Waals surface area (Å²) in [6, 6.07) is 56.2. The van der Waals surface area contributed by atoms with Crippen LogP contribution in [-0.4, -0.2) is 14.1 Å². The smallest absolute Gasteiger partial charge is 0.0644 e. The molecule has 212 valence electrons. The molecular weight excluding hydrogens is 548 g/mol. The predicted octanol–water partition coefficient (Wildman–Crippen LogP) is 10.7. The minimum absolute atomic E-state index is 1.01. The van der Waals surface area contributed by atoms with Gasteiger partial charge in [0.1, 0.15) is 0 Å². The van der Waals surface area contributed by atoms with Gasteiger partial charge in [0.2, 0.25) is 0 Å². The van der Waals surface area contributed by atoms with Gasteiger partial charge in [-0.25, -0.2) is 0 Å². The Morgan fingerprint density at radius 1 is 0.356 bits per heavy atom. The lowest BCUT2D eigenvalue weighted by molar-refractivity contribution is 1.16. The van der Waals surface area contributed by atoms with E-state index in [1.54, 1.807) is 0 Å². The molecule has 9 rings (SSSR count). The molecule has 0 amide bonds. The van der Waals surface area contributed by atoms with Crippen LogP contribution in [0.2, 0.25) is 0 Å². The first kappa shape index (κ1) is 25.4. The van der Waals surface area contributed by atoms with Crippen molar-refractivity contribution in [2.75, 3.05) is 4.90 Å². The van der Waals surface area contributed by atoms with Gasteiger partial charge in [-0.1, -0.05) is 72.8 Å². The maximum atomic E-state index is 4.46. The second kappa shape index (κ2) is 10.2. The Kier molecular flexibility index (Phi) is 5.78. The van der Waals surface area contributed by atoms with Crippen molar-refractivity contribution in [3.05, 3.63) is 170 Å². The van der Waals surface area contributed by atoms with Crippen molar-refractivity contribution >= 4 is 60.7 Å². The molecule has 0 N–H and O–H groups in total. The van der Waals surface area contributed by atoms with Gasteiger partial charge in [-0.15, -0.1) is 0 Å². The first-order valence-corrected chi connectivity index (χ1v) is 15.2. The minimum Gasteiger partial charge on any atom is -0.309 e. The number of rotatable bonds is 5. The number of pyridine rings is 1. The molecule has 0 aliphatic heterocycles. The average molecular weight is 577 g/mol. The monoisotopic (exact) mass is 576 g/mol. The molecule has 0 radical (unpaired) electrons. The van der Waals surface area contributed by atoms with Crippen LogP contribution in [0.25, 0.3) is 55.0 Å². The van der Waals surface area contributed by atoms with Crippen LogP contribution in [0, 0.1) is 0 Å². The van der Waals surface area contributed by atoms with Crippen molar-refractivity contribution < 1.29 is 0 Å². The number of aromatic nitrogens is 3. The van der Waals surface area contributed by atoms with Crippen molar-refractivity contribution in [2.45, 2.75) is 0 Å². The van der Waals surface area contributed by atoms with E-state index in [1.165, 1.54) is 43.6 Å². The van der Waals surface area contributed by atoms with E-state index < -0.39 is 0 Å². The number of hydrogen-bond acceptors (Lipinski definition) is 2. The fraction of sp³-hybridized carbons (Fsp3) is 0. The van der Waals surface area contributed by atoms with E-state index in [0.29, 0.717) is 0 Å². The number of anilines is 3. The quantitative estimate of drug-likeness (QED) is 0.204. The molecule has 0 fully saturated rings. The van der Waals surface area contributed by atoms with E-state index in [1.807, 2.05) is 18.5 Å². The molecule has 45 heavy (non-hydrogen) atoms. The van der Waals surface area contributed by atoms with Crippen LogP contribution in [0.3, 0.4) is 0 Å². The van der Waals surface area contributed by atoms with Crippen molar-refractivity contribution in [3.8, 4) is 11.4 Å². The summed E-state index contributed by atoms with van der Waals surface area (Å²) >= 11 is 0. The number of fused-ring (bicyclic) bond motifs is 6. The Bertz CT molecular complexity index is 2210. The Labute approximate surface area is 260 Å². The highest BCUT2D eigenvalue weighted by Crippen LogP contribution is 2.38. The fourth-order valence-corrected chi connectivity index (χ4v) is 6.84. The van der Waals surface area contributed by atoms with E-state index in [0.717, 1.165) is 28.4 Å². The Balaban J connectivity index is 1.15. The zero-order chi connectivity index (χ0) is 29.7. The fourth-order valence-electron chi connectivity index (χ4n) is 6.84. The summed E-state index contributed by atoms with van der Waals surface area (Å²) in [4.78, 5) is 6.72. The van der Waals surface area contributed by atoms with E-state index >= 15 is 0 Å². The summed E-state index contributed by atoms with van der Waals surface area (Å²) in [5.74, 6) is 0. The van der Waals surface area contributed by atoms with Crippen LogP contribution >= 0.6 is 0 Å². The van der Waals surface area contributed by atoms with Crippen molar-refractivity contribution in [3.63, 3.8) is 0 Å². The molecule has 9 aromatic rings. The average Bonchev–Trinajstić information content (AvgIpc) is 3.63. The molecule has 3 aromatic heterocycles. The molecule has 0 saturated carbocycles. The van der Waals surface area contributed by atoms with Gasteiger partial charge in [0, 0.05) is 50.5 Å². The first-order valence-electron chi connectivity index (χ1n) is 15.2. The summed E-state index contributed by atoms with van der Waals surface area (Å²) in [5, 5.41) is 5.05. The van der Waals surface area contributed by atoms with Gasteiger partial charge in [-0.05, 0) is 84.9 Å². The van der Waals surface area contributed by atoms with Crippen molar-refractivity contribution in [2.24, 2.45) is 0 Å². The lowest BCUT2D eigenvalue weighted by Gasteiger charge is -2.25. The lowest BCUT2D eigenvalue weighted by Crippen LogP contribution is -2.10. The van der Waals surface area contributed by atoms with Gasteiger partial charge in [0.25, 0.3) is 0 Å². The summed E-state index contributed by atoms with van der Waals surface area (Å²) in [6.45, 7) is 0. The zero-order valence-electron chi connectivity index (χ0n) is 24.5. The zero-order valence-corrected chi connectivity index (χ0v) is 24.5. The third-order valence-corrected chi connectivity index (χ3v) is 8.80. The van der Waals surface area contributed by atoms with Gasteiger partial charge >= 0.3 is 0 Å². The molecule has 0 saturated heterocycles. The normalized spacial score (nSPS) is 11.6. The third-order valence-electron chi connectivity index (χ3n) is 8.80. The summed E-state index contributed by atoms with van der Waals surface area (Å²) < 4.78 is 4.70.